The van der Waals surface area contributed by atoms with Crippen LogP contribution in [0.3, 0.4) is 0 Å². The molecular formula is C14H21N3O2. The molecule has 1 aliphatic carbocycles. The van der Waals surface area contributed by atoms with Crippen LogP contribution in [0, 0.1) is 0 Å². The fourth-order valence-electron chi connectivity index (χ4n) is 2.17. The molecule has 0 heterocycles. The number of nitrogens with two attached hydrogens (primary N) is 1. The van der Waals surface area contributed by atoms with Gasteiger partial charge in [0, 0.05) is 31.8 Å². The van der Waals surface area contributed by atoms with E-state index < -0.39 is 0 Å². The monoisotopic (exact) mass is 263 g/mol. The number of carbonyl (C=O) groups is 1. The average Bonchev–Trinajstić information content (AvgIpc) is 3.27. The van der Waals surface area contributed by atoms with Gasteiger partial charge in [0.2, 0.25) is 0 Å². The zero-order valence-corrected chi connectivity index (χ0v) is 11.3. The summed E-state index contributed by atoms with van der Waals surface area (Å²) in [6.07, 6.45) is 2.51. The molecule has 0 spiro atoms. The van der Waals surface area contributed by atoms with E-state index in [1.54, 1.807) is 13.2 Å². The van der Waals surface area contributed by atoms with Gasteiger partial charge in [-0.05, 0) is 30.5 Å². The third-order valence-electron chi connectivity index (χ3n) is 3.35. The van der Waals surface area contributed by atoms with Crippen LogP contribution in [0.2, 0.25) is 0 Å². The van der Waals surface area contributed by atoms with Crippen molar-refractivity contribution in [3.8, 4) is 0 Å². The van der Waals surface area contributed by atoms with Crippen molar-refractivity contribution in [1.82, 2.24) is 10.3 Å². The maximum atomic E-state index is 11.5. The zero-order valence-electron chi connectivity index (χ0n) is 11.3. The van der Waals surface area contributed by atoms with E-state index in [1.807, 2.05) is 18.2 Å². The summed E-state index contributed by atoms with van der Waals surface area (Å²) >= 11 is 0. The van der Waals surface area contributed by atoms with Crippen LogP contribution >= 0.6 is 0 Å². The smallest absolute Gasteiger partial charge is 0.265 e. The number of amides is 1. The number of rotatable bonds is 7. The van der Waals surface area contributed by atoms with Crippen molar-refractivity contribution in [2.45, 2.75) is 25.4 Å². The Labute approximate surface area is 113 Å². The van der Waals surface area contributed by atoms with Gasteiger partial charge in [0.1, 0.15) is 0 Å². The van der Waals surface area contributed by atoms with Crippen LogP contribution in [0.15, 0.2) is 24.3 Å². The molecule has 1 amide bonds. The lowest BCUT2D eigenvalue weighted by Gasteiger charge is -2.21. The second-order valence-corrected chi connectivity index (χ2v) is 4.87. The number of ether oxygens (including phenoxy) is 1. The van der Waals surface area contributed by atoms with Crippen molar-refractivity contribution in [2.75, 3.05) is 20.3 Å². The van der Waals surface area contributed by atoms with E-state index in [0.29, 0.717) is 11.6 Å². The van der Waals surface area contributed by atoms with Gasteiger partial charge in [-0.2, -0.15) is 0 Å². The molecule has 0 aliphatic heterocycles. The molecule has 0 aromatic heterocycles. The van der Waals surface area contributed by atoms with Crippen molar-refractivity contribution in [1.29, 1.82) is 0 Å². The van der Waals surface area contributed by atoms with Gasteiger partial charge >= 0.3 is 0 Å². The zero-order chi connectivity index (χ0) is 13.7. The Morgan fingerprint density at radius 1 is 1.53 bits per heavy atom. The number of nitrogens with zero attached hydrogens (tertiary/aromatic N) is 1. The minimum Gasteiger partial charge on any atom is -0.383 e. The summed E-state index contributed by atoms with van der Waals surface area (Å²) in [4.78, 5) is 13.9. The number of benzene rings is 1. The number of hydrazine groups is 1. The molecule has 104 valence electrons. The highest BCUT2D eigenvalue weighted by molar-refractivity contribution is 5.93. The van der Waals surface area contributed by atoms with Crippen molar-refractivity contribution in [2.24, 2.45) is 5.84 Å². The molecule has 1 fully saturated rings. The van der Waals surface area contributed by atoms with Gasteiger partial charge in [-0.3, -0.25) is 15.1 Å². The Bertz CT molecular complexity index is 432. The number of hydrogen-bond donors (Lipinski definition) is 2. The highest BCUT2D eigenvalue weighted by Crippen LogP contribution is 2.28. The number of carbonyl (C=O) groups excluding carboxylic acids is 1. The maximum absolute atomic E-state index is 11.5. The van der Waals surface area contributed by atoms with Crippen LogP contribution in [-0.4, -0.2) is 37.1 Å². The molecular weight excluding hydrogens is 242 g/mol. The van der Waals surface area contributed by atoms with Gasteiger partial charge in [-0.15, -0.1) is 0 Å². The largest absolute Gasteiger partial charge is 0.383 e. The molecule has 1 saturated carbocycles. The van der Waals surface area contributed by atoms with E-state index in [4.69, 9.17) is 10.6 Å². The van der Waals surface area contributed by atoms with Crippen LogP contribution < -0.4 is 11.3 Å². The second kappa shape index (κ2) is 6.65. The Balaban J connectivity index is 2.01. The Morgan fingerprint density at radius 3 is 2.95 bits per heavy atom. The third kappa shape index (κ3) is 4.02. The molecule has 5 heteroatoms. The van der Waals surface area contributed by atoms with Gasteiger partial charge < -0.3 is 4.74 Å². The molecule has 2 rings (SSSR count). The lowest BCUT2D eigenvalue weighted by Crippen LogP contribution is -2.31. The maximum Gasteiger partial charge on any atom is 0.265 e. The van der Waals surface area contributed by atoms with Crippen LogP contribution in [0.1, 0.15) is 28.8 Å². The molecule has 1 aliphatic rings. The SMILES string of the molecule is COCCN(Cc1cccc(C(=O)NN)c1)C1CC1. The summed E-state index contributed by atoms with van der Waals surface area (Å²) in [6, 6.07) is 8.26. The van der Waals surface area contributed by atoms with E-state index >= 15 is 0 Å². The Morgan fingerprint density at radius 2 is 2.32 bits per heavy atom. The molecule has 0 bridgehead atoms. The number of hydrogen-bond acceptors (Lipinski definition) is 4. The van der Waals surface area contributed by atoms with E-state index in [-0.39, 0.29) is 5.91 Å². The first-order chi connectivity index (χ1) is 9.24. The van der Waals surface area contributed by atoms with Crippen molar-refractivity contribution in [3.05, 3.63) is 35.4 Å². The predicted molar refractivity (Wildman–Crippen MR) is 73.4 cm³/mol. The third-order valence-corrected chi connectivity index (χ3v) is 3.35. The molecule has 0 radical (unpaired) electrons. The van der Waals surface area contributed by atoms with Crippen LogP contribution in [0.5, 0.6) is 0 Å². The lowest BCUT2D eigenvalue weighted by molar-refractivity contribution is 0.0953. The highest BCUT2D eigenvalue weighted by Gasteiger charge is 2.28. The molecule has 0 atom stereocenters. The normalized spacial score (nSPS) is 14.7. The topological polar surface area (TPSA) is 67.6 Å². The molecule has 1 aromatic carbocycles. The summed E-state index contributed by atoms with van der Waals surface area (Å²) in [5, 5.41) is 0. The van der Waals surface area contributed by atoms with Crippen LogP contribution in [0.25, 0.3) is 0 Å². The molecule has 19 heavy (non-hydrogen) atoms. The van der Waals surface area contributed by atoms with Gasteiger partial charge in [0.15, 0.2) is 0 Å². The van der Waals surface area contributed by atoms with Crippen LogP contribution in [-0.2, 0) is 11.3 Å². The lowest BCUT2D eigenvalue weighted by atomic mass is 10.1. The predicted octanol–water partition coefficient (Wildman–Crippen LogP) is 0.901. The standard InChI is InChI=1S/C14H21N3O2/c1-19-8-7-17(13-5-6-13)10-11-3-2-4-12(9-11)14(18)16-15/h2-4,9,13H,5-8,10,15H2,1H3,(H,16,18). The van der Waals surface area contributed by atoms with E-state index in [9.17, 15) is 4.79 Å². The van der Waals surface area contributed by atoms with Gasteiger partial charge in [0.25, 0.3) is 5.91 Å². The van der Waals surface area contributed by atoms with Crippen molar-refractivity contribution < 1.29 is 9.53 Å². The van der Waals surface area contributed by atoms with Gasteiger partial charge in [-0.1, -0.05) is 12.1 Å². The fraction of sp³-hybridized carbons (Fsp3) is 0.500. The highest BCUT2D eigenvalue weighted by atomic mass is 16.5. The summed E-state index contributed by atoms with van der Waals surface area (Å²) in [7, 11) is 1.72. The Hall–Kier alpha value is -1.43. The Kier molecular flexibility index (Phi) is 4.90. The van der Waals surface area contributed by atoms with Crippen molar-refractivity contribution >= 4 is 5.91 Å². The van der Waals surface area contributed by atoms with Crippen LogP contribution in [0.4, 0.5) is 0 Å². The van der Waals surface area contributed by atoms with E-state index in [1.165, 1.54) is 12.8 Å². The summed E-state index contributed by atoms with van der Waals surface area (Å²) in [6.45, 7) is 2.51. The second-order valence-electron chi connectivity index (χ2n) is 4.87. The number of methoxy groups -OCH3 is 1. The van der Waals surface area contributed by atoms with Gasteiger partial charge in [-0.25, -0.2) is 5.84 Å². The summed E-state index contributed by atoms with van der Waals surface area (Å²) in [5.74, 6) is 4.90. The molecule has 0 unspecified atom stereocenters. The van der Waals surface area contributed by atoms with E-state index in [0.717, 1.165) is 25.3 Å². The minimum atomic E-state index is -0.253. The van der Waals surface area contributed by atoms with Gasteiger partial charge in [0.05, 0.1) is 6.61 Å². The van der Waals surface area contributed by atoms with E-state index in [2.05, 4.69) is 10.3 Å². The first-order valence-electron chi connectivity index (χ1n) is 6.57. The van der Waals surface area contributed by atoms with Crippen molar-refractivity contribution in [3.63, 3.8) is 0 Å². The fourth-order valence-corrected chi connectivity index (χ4v) is 2.17. The first kappa shape index (κ1) is 14.0. The minimum absolute atomic E-state index is 0.253. The molecule has 0 saturated heterocycles. The average molecular weight is 263 g/mol. The number of nitrogen functional groups attached to an aromatic ring is 1. The summed E-state index contributed by atoms with van der Waals surface area (Å²) in [5.41, 5.74) is 3.89. The number of nitrogens with one attached hydrogen (secondary N) is 1. The first-order valence-corrected chi connectivity index (χ1v) is 6.57. The summed E-state index contributed by atoms with van der Waals surface area (Å²) < 4.78 is 5.15. The molecule has 1 aromatic rings. The molecule has 5 nitrogen and oxygen atoms in total. The molecule has 3 N–H and O–H groups in total. The quantitative estimate of drug-likeness (QED) is 0.436.